The van der Waals surface area contributed by atoms with Gasteiger partial charge >= 0.3 is 5.97 Å². The van der Waals surface area contributed by atoms with Crippen molar-refractivity contribution >= 4 is 23.4 Å². The molecule has 3 N–H and O–H groups in total. The number of aliphatic carboxylic acids is 1. The molecule has 46 heavy (non-hydrogen) atoms. The van der Waals surface area contributed by atoms with Crippen molar-refractivity contribution in [2.75, 3.05) is 0 Å². The molecule has 0 bridgehead atoms. The number of primary amides is 1. The zero-order valence-electron chi connectivity index (χ0n) is 29.5. The van der Waals surface area contributed by atoms with E-state index in [1.165, 1.54) is 96.0 Å². The number of unbranched alkanes of at least 4 members (excludes halogenated alkanes) is 9. The Morgan fingerprint density at radius 3 is 2.13 bits per heavy atom. The van der Waals surface area contributed by atoms with Gasteiger partial charge in [-0.1, -0.05) is 116 Å². The number of ketones is 2. The second-order valence-electron chi connectivity index (χ2n) is 14.4. The van der Waals surface area contributed by atoms with Crippen LogP contribution >= 0.6 is 0 Å². The van der Waals surface area contributed by atoms with Crippen LogP contribution in [0.15, 0.2) is 23.8 Å². The predicted molar refractivity (Wildman–Crippen MR) is 188 cm³/mol. The average Bonchev–Trinajstić information content (AvgIpc) is 3.62. The van der Waals surface area contributed by atoms with Gasteiger partial charge in [0.2, 0.25) is 5.91 Å². The molecular formula is C40H67NO5. The molecule has 6 nitrogen and oxygen atoms in total. The number of amides is 1. The van der Waals surface area contributed by atoms with E-state index in [1.54, 1.807) is 0 Å². The fourth-order valence-electron chi connectivity index (χ4n) is 8.07. The fraction of sp³-hybridized carbons (Fsp3) is 0.800. The van der Waals surface area contributed by atoms with Crippen molar-refractivity contribution in [1.29, 1.82) is 0 Å². The molecular weight excluding hydrogens is 574 g/mol. The molecule has 2 rings (SSSR count). The first-order valence-electron chi connectivity index (χ1n) is 19.2. The molecule has 2 aliphatic rings. The van der Waals surface area contributed by atoms with Crippen LogP contribution in [0.2, 0.25) is 0 Å². The first kappa shape index (κ1) is 39.9. The minimum absolute atomic E-state index is 0.0184. The van der Waals surface area contributed by atoms with Crippen LogP contribution in [0, 0.1) is 29.6 Å². The highest BCUT2D eigenvalue weighted by Gasteiger charge is 2.33. The first-order chi connectivity index (χ1) is 22.3. The summed E-state index contributed by atoms with van der Waals surface area (Å²) < 4.78 is 0. The number of nitrogens with two attached hydrogens (primary N) is 1. The van der Waals surface area contributed by atoms with Crippen molar-refractivity contribution in [2.45, 2.75) is 174 Å². The van der Waals surface area contributed by atoms with Crippen LogP contribution in [0.3, 0.4) is 0 Å². The van der Waals surface area contributed by atoms with E-state index in [0.717, 1.165) is 31.6 Å². The summed E-state index contributed by atoms with van der Waals surface area (Å²) >= 11 is 0. The van der Waals surface area contributed by atoms with Gasteiger partial charge < -0.3 is 10.8 Å². The summed E-state index contributed by atoms with van der Waals surface area (Å²) in [5.41, 5.74) is 6.05. The molecule has 2 aliphatic carbocycles. The normalized spacial score (nSPS) is 22.6. The number of allylic oxidation sites excluding steroid dienone is 3. The number of carboxylic acid groups (broad SMARTS) is 1. The maximum absolute atomic E-state index is 13.1. The Bertz CT molecular complexity index is 969. The van der Waals surface area contributed by atoms with Gasteiger partial charge in [-0.05, 0) is 81.1 Å². The second-order valence-corrected chi connectivity index (χ2v) is 14.4. The summed E-state index contributed by atoms with van der Waals surface area (Å²) in [5.74, 6) is -0.0192. The third-order valence-electron chi connectivity index (χ3n) is 10.8. The summed E-state index contributed by atoms with van der Waals surface area (Å²) in [4.78, 5) is 49.8. The largest absolute Gasteiger partial charge is 0.481 e. The highest BCUT2D eigenvalue weighted by molar-refractivity contribution is 6.01. The minimum Gasteiger partial charge on any atom is -0.481 e. The summed E-state index contributed by atoms with van der Waals surface area (Å²) in [6.07, 6.45) is 30.9. The summed E-state index contributed by atoms with van der Waals surface area (Å²) in [6.45, 7) is 4.46. The molecule has 0 heterocycles. The van der Waals surface area contributed by atoms with Gasteiger partial charge in [0.1, 0.15) is 5.78 Å². The zero-order valence-corrected chi connectivity index (χ0v) is 29.5. The molecule has 2 saturated carbocycles. The maximum Gasteiger partial charge on any atom is 0.303 e. The lowest BCUT2D eigenvalue weighted by atomic mass is 9.84. The maximum atomic E-state index is 13.1. The highest BCUT2D eigenvalue weighted by atomic mass is 16.4. The molecule has 0 aromatic carbocycles. The first-order valence-corrected chi connectivity index (χ1v) is 19.2. The monoisotopic (exact) mass is 642 g/mol. The molecule has 262 valence electrons. The Labute approximate surface area is 280 Å². The summed E-state index contributed by atoms with van der Waals surface area (Å²) in [7, 11) is 0. The van der Waals surface area contributed by atoms with E-state index in [4.69, 9.17) is 5.73 Å². The van der Waals surface area contributed by atoms with Crippen LogP contribution < -0.4 is 5.73 Å². The molecule has 5 atom stereocenters. The molecule has 0 aliphatic heterocycles. The smallest absolute Gasteiger partial charge is 0.303 e. The molecule has 0 aromatic rings. The van der Waals surface area contributed by atoms with Gasteiger partial charge in [-0.3, -0.25) is 19.2 Å². The lowest BCUT2D eigenvalue weighted by molar-refractivity contribution is -0.137. The van der Waals surface area contributed by atoms with Crippen LogP contribution in [0.25, 0.3) is 0 Å². The van der Waals surface area contributed by atoms with Crippen molar-refractivity contribution in [3.63, 3.8) is 0 Å². The number of carbonyl (C=O) groups is 4. The molecule has 0 aromatic heterocycles. The van der Waals surface area contributed by atoms with Crippen LogP contribution in [0.4, 0.5) is 0 Å². The van der Waals surface area contributed by atoms with Gasteiger partial charge in [-0.15, -0.1) is 0 Å². The van der Waals surface area contributed by atoms with Crippen molar-refractivity contribution in [1.82, 2.24) is 0 Å². The molecule has 0 saturated heterocycles. The van der Waals surface area contributed by atoms with Crippen LogP contribution in [0.5, 0.6) is 0 Å². The number of carbonyl (C=O) groups excluding carboxylic acids is 3. The van der Waals surface area contributed by atoms with E-state index in [1.807, 2.05) is 0 Å². The Balaban J connectivity index is 1.89. The molecule has 6 heteroatoms. The Morgan fingerprint density at radius 1 is 0.804 bits per heavy atom. The highest BCUT2D eigenvalue weighted by Crippen LogP contribution is 2.39. The third-order valence-corrected chi connectivity index (χ3v) is 10.8. The van der Waals surface area contributed by atoms with Gasteiger partial charge in [0, 0.05) is 30.8 Å². The van der Waals surface area contributed by atoms with Gasteiger partial charge in [0.25, 0.3) is 0 Å². The number of rotatable bonds is 27. The quantitative estimate of drug-likeness (QED) is 0.0526. The van der Waals surface area contributed by atoms with E-state index in [2.05, 4.69) is 26.0 Å². The molecule has 2 fully saturated rings. The van der Waals surface area contributed by atoms with Crippen molar-refractivity contribution in [3.8, 4) is 0 Å². The summed E-state index contributed by atoms with van der Waals surface area (Å²) in [5, 5.41) is 9.37. The van der Waals surface area contributed by atoms with Crippen molar-refractivity contribution in [2.24, 2.45) is 35.3 Å². The minimum atomic E-state index is -0.928. The van der Waals surface area contributed by atoms with Gasteiger partial charge in [0.05, 0.1) is 0 Å². The molecule has 0 spiro atoms. The van der Waals surface area contributed by atoms with E-state index in [0.29, 0.717) is 43.8 Å². The lowest BCUT2D eigenvalue weighted by Gasteiger charge is -2.20. The number of hydrogen-bond acceptors (Lipinski definition) is 4. The number of Topliss-reactive ketones (excluding diaryl/α,β-unsaturated/α-hetero) is 1. The van der Waals surface area contributed by atoms with Crippen molar-refractivity contribution < 1.29 is 24.3 Å². The molecule has 0 radical (unpaired) electrons. The van der Waals surface area contributed by atoms with E-state index in [-0.39, 0.29) is 36.0 Å². The lowest BCUT2D eigenvalue weighted by Crippen LogP contribution is -2.23. The standard InChI is InChI=1S/C40H67NO5/c1-3-5-7-9-11-13-18-31-20-15-21-32(31)22-16-24-35(42)30-37(40(41)46)34(27-29-39(44)45)23-17-25-36-33(26-28-38(36)43)19-14-12-10-8-6-4-2/h14,19,30-34,36H,3-13,15-18,20-29H2,1-2H3,(H2,41,46)(H,44,45)/t31-,32+,33-,34?,36+/m0/s1. The Kier molecular flexibility index (Phi) is 20.8. The zero-order chi connectivity index (χ0) is 33.6. The van der Waals surface area contributed by atoms with E-state index in [9.17, 15) is 24.3 Å². The fourth-order valence-corrected chi connectivity index (χ4v) is 8.07. The van der Waals surface area contributed by atoms with Crippen LogP contribution in [-0.2, 0) is 19.2 Å². The topological polar surface area (TPSA) is 115 Å². The van der Waals surface area contributed by atoms with Gasteiger partial charge in [-0.2, -0.15) is 0 Å². The Hall–Kier alpha value is -2.24. The number of carboxylic acids is 1. The Morgan fingerprint density at radius 2 is 1.46 bits per heavy atom. The average molecular weight is 642 g/mol. The number of hydrogen-bond donors (Lipinski definition) is 2. The van der Waals surface area contributed by atoms with E-state index >= 15 is 0 Å². The second kappa shape index (κ2) is 24.0. The third kappa shape index (κ3) is 16.0. The molecule has 1 unspecified atom stereocenters. The van der Waals surface area contributed by atoms with E-state index < -0.39 is 17.8 Å². The molecule has 1 amide bonds. The van der Waals surface area contributed by atoms with Gasteiger partial charge in [-0.25, -0.2) is 0 Å². The van der Waals surface area contributed by atoms with Gasteiger partial charge in [0.15, 0.2) is 5.78 Å². The SMILES string of the molecule is CCCCCCC=C[C@H]1CCC(=O)[C@@H]1CCCC(CCC(=O)O)C(=CC(=O)CCC[C@H]1CCC[C@@H]1CCCCCCCC)C(N)=O. The van der Waals surface area contributed by atoms with Crippen LogP contribution in [0.1, 0.15) is 174 Å². The summed E-state index contributed by atoms with van der Waals surface area (Å²) in [6, 6.07) is 0. The van der Waals surface area contributed by atoms with Crippen LogP contribution in [-0.4, -0.2) is 28.5 Å². The predicted octanol–water partition coefficient (Wildman–Crippen LogP) is 10.1. The van der Waals surface area contributed by atoms with Crippen molar-refractivity contribution in [3.05, 3.63) is 23.8 Å².